The number of carbonyl (C=O) groups is 1. The fourth-order valence-electron chi connectivity index (χ4n) is 2.96. The lowest BCUT2D eigenvalue weighted by Gasteiger charge is -2.29. The van der Waals surface area contributed by atoms with Gasteiger partial charge in [0.05, 0.1) is 6.54 Å². The first-order valence-corrected chi connectivity index (χ1v) is 9.34. The molecule has 8 heteroatoms. The van der Waals surface area contributed by atoms with Crippen LogP contribution in [-0.2, 0) is 21.9 Å². The van der Waals surface area contributed by atoms with Gasteiger partial charge in [0.15, 0.2) is 5.03 Å². The minimum absolute atomic E-state index is 0.149. The van der Waals surface area contributed by atoms with Crippen molar-refractivity contribution in [3.05, 3.63) is 30.3 Å². The molecule has 1 aliphatic rings. The number of nitrogens with one attached hydrogen (secondary N) is 1. The summed E-state index contributed by atoms with van der Waals surface area (Å²) < 4.78 is 28.5. The van der Waals surface area contributed by atoms with Crippen molar-refractivity contribution < 1.29 is 13.2 Å². The fraction of sp³-hybridized carbons (Fsp3) is 0.438. The molecule has 1 aliphatic heterocycles. The highest BCUT2D eigenvalue weighted by atomic mass is 32.2. The number of piperazine rings is 1. The molecule has 0 saturated carbocycles. The number of amides is 1. The van der Waals surface area contributed by atoms with E-state index in [2.05, 4.69) is 5.32 Å². The van der Waals surface area contributed by atoms with Crippen LogP contribution in [0.3, 0.4) is 0 Å². The van der Waals surface area contributed by atoms with E-state index in [0.29, 0.717) is 13.1 Å². The lowest BCUT2D eigenvalue weighted by atomic mass is 10.2. The van der Waals surface area contributed by atoms with Crippen molar-refractivity contribution in [1.29, 1.82) is 0 Å². The highest BCUT2D eigenvalue weighted by molar-refractivity contribution is 7.89. The van der Waals surface area contributed by atoms with Crippen LogP contribution in [0.5, 0.6) is 0 Å². The number of aryl methyl sites for hydroxylation is 1. The van der Waals surface area contributed by atoms with Crippen molar-refractivity contribution in [3.8, 4) is 0 Å². The second-order valence-corrected chi connectivity index (χ2v) is 7.98. The summed E-state index contributed by atoms with van der Waals surface area (Å²) in [4.78, 5) is 14.0. The summed E-state index contributed by atoms with van der Waals surface area (Å²) in [6.45, 7) is 2.56. The Balaban J connectivity index is 1.83. The van der Waals surface area contributed by atoms with Gasteiger partial charge in [0.1, 0.15) is 0 Å². The molecule has 1 fully saturated rings. The highest BCUT2D eigenvalue weighted by Gasteiger charge is 2.28. The number of hydrogen-bond donors (Lipinski definition) is 1. The molecule has 2 heterocycles. The van der Waals surface area contributed by atoms with E-state index >= 15 is 0 Å². The quantitative estimate of drug-likeness (QED) is 0.857. The molecule has 1 aromatic carbocycles. The molecule has 0 aliphatic carbocycles. The molecular weight excluding hydrogens is 328 g/mol. The van der Waals surface area contributed by atoms with Gasteiger partial charge in [-0.15, -0.1) is 0 Å². The van der Waals surface area contributed by atoms with Gasteiger partial charge in [-0.05, 0) is 12.1 Å². The predicted molar refractivity (Wildman–Crippen MR) is 92.2 cm³/mol. The van der Waals surface area contributed by atoms with E-state index in [1.807, 2.05) is 24.3 Å². The fourth-order valence-corrected chi connectivity index (χ4v) is 4.28. The summed E-state index contributed by atoms with van der Waals surface area (Å²) in [6, 6.07) is 9.14. The zero-order valence-corrected chi connectivity index (χ0v) is 14.7. The molecule has 1 aromatic heterocycles. The van der Waals surface area contributed by atoms with E-state index in [4.69, 9.17) is 0 Å². The van der Waals surface area contributed by atoms with Gasteiger partial charge >= 0.3 is 0 Å². The molecule has 0 radical (unpaired) electrons. The highest BCUT2D eigenvalue weighted by Crippen LogP contribution is 2.23. The predicted octanol–water partition coefficient (Wildman–Crippen LogP) is 0.231. The third kappa shape index (κ3) is 3.04. The maximum absolute atomic E-state index is 12.9. The van der Waals surface area contributed by atoms with Gasteiger partial charge in [-0.3, -0.25) is 4.79 Å². The summed E-state index contributed by atoms with van der Waals surface area (Å²) in [5, 5.41) is 4.23. The molecule has 1 N–H and O–H groups in total. The van der Waals surface area contributed by atoms with Crippen molar-refractivity contribution in [2.75, 3.05) is 39.8 Å². The second-order valence-electron chi connectivity index (χ2n) is 5.99. The van der Waals surface area contributed by atoms with E-state index in [1.165, 1.54) is 7.05 Å². The van der Waals surface area contributed by atoms with Crippen LogP contribution >= 0.6 is 0 Å². The number of nitrogens with zero attached hydrogens (tertiary/aromatic N) is 3. The molecule has 0 atom stereocenters. The normalized spacial score (nSPS) is 16.0. The SMILES string of the molecule is CN(CC(=O)N1CCNCC1)S(=O)(=O)c1cc2ccccc2n1C. The molecule has 2 aromatic rings. The average molecular weight is 350 g/mol. The van der Waals surface area contributed by atoms with Crippen LogP contribution in [0.1, 0.15) is 0 Å². The first-order valence-electron chi connectivity index (χ1n) is 7.90. The Kier molecular flexibility index (Phi) is 4.62. The third-order valence-electron chi connectivity index (χ3n) is 4.41. The lowest BCUT2D eigenvalue weighted by Crippen LogP contribution is -2.49. The van der Waals surface area contributed by atoms with E-state index < -0.39 is 10.0 Å². The number of rotatable bonds is 4. The number of sulfonamides is 1. The summed E-state index contributed by atoms with van der Waals surface area (Å²) in [7, 11) is -0.557. The third-order valence-corrected chi connectivity index (χ3v) is 6.28. The van der Waals surface area contributed by atoms with Gasteiger partial charge in [0.2, 0.25) is 5.91 Å². The first-order chi connectivity index (χ1) is 11.4. The van der Waals surface area contributed by atoms with Crippen LogP contribution in [0.2, 0.25) is 0 Å². The largest absolute Gasteiger partial charge is 0.339 e. The Hall–Kier alpha value is -1.90. The molecule has 0 bridgehead atoms. The zero-order chi connectivity index (χ0) is 17.3. The Morgan fingerprint density at radius 2 is 1.92 bits per heavy atom. The summed E-state index contributed by atoms with van der Waals surface area (Å²) in [5.41, 5.74) is 0.845. The minimum atomic E-state index is -3.73. The van der Waals surface area contributed by atoms with Crippen LogP contribution in [-0.4, -0.2) is 67.9 Å². The molecule has 1 saturated heterocycles. The van der Waals surface area contributed by atoms with E-state index in [-0.39, 0.29) is 17.5 Å². The average Bonchev–Trinajstić information content (AvgIpc) is 2.93. The molecule has 130 valence electrons. The van der Waals surface area contributed by atoms with Gasteiger partial charge in [0, 0.05) is 51.2 Å². The Bertz CT molecular complexity index is 853. The molecule has 0 unspecified atom stereocenters. The van der Waals surface area contributed by atoms with Crippen LogP contribution < -0.4 is 5.32 Å². The summed E-state index contributed by atoms with van der Waals surface area (Å²) >= 11 is 0. The Labute approximate surface area is 141 Å². The van der Waals surface area contributed by atoms with E-state index in [1.54, 1.807) is 22.6 Å². The van der Waals surface area contributed by atoms with E-state index in [9.17, 15) is 13.2 Å². The molecule has 1 amide bonds. The number of hydrogen-bond acceptors (Lipinski definition) is 4. The van der Waals surface area contributed by atoms with E-state index in [0.717, 1.165) is 28.3 Å². The molecular formula is C16H22N4O3S. The van der Waals surface area contributed by atoms with Gasteiger partial charge in [-0.2, -0.15) is 4.31 Å². The monoisotopic (exact) mass is 350 g/mol. The van der Waals surface area contributed by atoms with Crippen molar-refractivity contribution in [2.45, 2.75) is 5.03 Å². The minimum Gasteiger partial charge on any atom is -0.339 e. The van der Waals surface area contributed by atoms with Crippen LogP contribution in [0.25, 0.3) is 10.9 Å². The molecule has 0 spiro atoms. The van der Waals surface area contributed by atoms with Gasteiger partial charge in [-0.25, -0.2) is 8.42 Å². The van der Waals surface area contributed by atoms with Crippen molar-refractivity contribution in [3.63, 3.8) is 0 Å². The lowest BCUT2D eigenvalue weighted by molar-refractivity contribution is -0.131. The Morgan fingerprint density at radius 1 is 1.25 bits per heavy atom. The van der Waals surface area contributed by atoms with Crippen molar-refractivity contribution >= 4 is 26.8 Å². The maximum atomic E-state index is 12.9. The Morgan fingerprint density at radius 3 is 2.58 bits per heavy atom. The first kappa shape index (κ1) is 16.9. The van der Waals surface area contributed by atoms with Crippen molar-refractivity contribution in [2.24, 2.45) is 7.05 Å². The number of carbonyl (C=O) groups excluding carboxylic acids is 1. The number of likely N-dealkylation sites (N-methyl/N-ethyl adjacent to an activating group) is 1. The maximum Gasteiger partial charge on any atom is 0.258 e. The summed E-state index contributed by atoms with van der Waals surface area (Å²) in [6.07, 6.45) is 0. The van der Waals surface area contributed by atoms with Gasteiger partial charge in [0.25, 0.3) is 10.0 Å². The topological polar surface area (TPSA) is 74.7 Å². The van der Waals surface area contributed by atoms with Crippen LogP contribution in [0, 0.1) is 0 Å². The molecule has 7 nitrogen and oxygen atoms in total. The van der Waals surface area contributed by atoms with Gasteiger partial charge < -0.3 is 14.8 Å². The number of aromatic nitrogens is 1. The number of benzene rings is 1. The standard InChI is InChI=1S/C16H22N4O3S/c1-18(12-15(21)20-9-7-17-8-10-20)24(22,23)16-11-13-5-3-4-6-14(13)19(16)2/h3-6,11,17H,7-10,12H2,1-2H3. The zero-order valence-electron chi connectivity index (χ0n) is 13.9. The molecule has 24 heavy (non-hydrogen) atoms. The van der Waals surface area contributed by atoms with Crippen molar-refractivity contribution in [1.82, 2.24) is 19.1 Å². The van der Waals surface area contributed by atoms with Gasteiger partial charge in [-0.1, -0.05) is 18.2 Å². The van der Waals surface area contributed by atoms with Crippen LogP contribution in [0.15, 0.2) is 35.4 Å². The van der Waals surface area contributed by atoms with Crippen LogP contribution in [0.4, 0.5) is 0 Å². The molecule has 3 rings (SSSR count). The number of fused-ring (bicyclic) bond motifs is 1. The second kappa shape index (κ2) is 6.54. The smallest absolute Gasteiger partial charge is 0.258 e. The number of para-hydroxylation sites is 1. The summed E-state index contributed by atoms with van der Waals surface area (Å²) in [5.74, 6) is -0.165.